The van der Waals surface area contributed by atoms with Crippen LogP contribution in [0.15, 0.2) is 18.2 Å². The number of hydrogen-bond acceptors (Lipinski definition) is 5. The van der Waals surface area contributed by atoms with E-state index in [1.807, 2.05) is 0 Å². The van der Waals surface area contributed by atoms with E-state index in [1.54, 1.807) is 0 Å². The van der Waals surface area contributed by atoms with E-state index in [2.05, 4.69) is 43.9 Å². The molecule has 1 aromatic carbocycles. The number of terminal acetylenes is 3. The van der Waals surface area contributed by atoms with Gasteiger partial charge < -0.3 is 26.0 Å². The summed E-state index contributed by atoms with van der Waals surface area (Å²) in [4.78, 5) is 23.0. The van der Waals surface area contributed by atoms with Gasteiger partial charge in [0, 0.05) is 12.3 Å². The van der Waals surface area contributed by atoms with E-state index in [4.69, 9.17) is 10.5 Å². The number of hydrogen-bond donors (Lipinski definition) is 4. The Morgan fingerprint density at radius 2 is 1.78 bits per heavy atom. The zero-order valence-electron chi connectivity index (χ0n) is 14.9. The molecular weight excluding hydrogens is 348 g/mol. The van der Waals surface area contributed by atoms with Gasteiger partial charge in [-0.2, -0.15) is 0 Å². The molecule has 2 atom stereocenters. The molecule has 1 saturated heterocycles. The molecule has 7 nitrogen and oxygen atoms in total. The summed E-state index contributed by atoms with van der Waals surface area (Å²) >= 11 is 0. The minimum absolute atomic E-state index is 0.0218. The maximum Gasteiger partial charge on any atom is 0.252 e. The van der Waals surface area contributed by atoms with Crippen molar-refractivity contribution in [3.8, 4) is 44.3 Å². The van der Waals surface area contributed by atoms with Gasteiger partial charge in [0.25, 0.3) is 5.91 Å². The minimum Gasteiger partial charge on any atom is -0.507 e. The predicted octanol–water partition coefficient (Wildman–Crippen LogP) is 1.11. The van der Waals surface area contributed by atoms with Crippen molar-refractivity contribution in [2.75, 3.05) is 11.9 Å². The topological polar surface area (TPSA) is 122 Å². The number of amides is 2. The number of rotatable bonds is 4. The van der Waals surface area contributed by atoms with Crippen LogP contribution in [0.2, 0.25) is 0 Å². The lowest BCUT2D eigenvalue weighted by molar-refractivity contribution is -0.125. The van der Waals surface area contributed by atoms with Gasteiger partial charge in [-0.3, -0.25) is 9.59 Å². The number of carbonyl (C=O) groups excluding carboxylic acids is 2. The van der Waals surface area contributed by atoms with E-state index in [1.165, 1.54) is 18.2 Å². The molecular formula is C20H24N2O5. The third-order valence-corrected chi connectivity index (χ3v) is 3.34. The summed E-state index contributed by atoms with van der Waals surface area (Å²) in [6.45, 7) is 0.528. The second-order valence-electron chi connectivity index (χ2n) is 4.97. The fourth-order valence-electron chi connectivity index (χ4n) is 2.23. The third-order valence-electron chi connectivity index (χ3n) is 3.34. The highest BCUT2D eigenvalue weighted by Crippen LogP contribution is 2.22. The van der Waals surface area contributed by atoms with Gasteiger partial charge in [0.2, 0.25) is 5.91 Å². The van der Waals surface area contributed by atoms with E-state index < -0.39 is 18.1 Å². The lowest BCUT2D eigenvalue weighted by Gasteiger charge is -2.27. The summed E-state index contributed by atoms with van der Waals surface area (Å²) in [6, 6.07) is 4.03. The van der Waals surface area contributed by atoms with Crippen molar-refractivity contribution in [1.82, 2.24) is 0 Å². The van der Waals surface area contributed by atoms with E-state index in [0.717, 1.165) is 6.42 Å². The highest BCUT2D eigenvalue weighted by molar-refractivity contribution is 5.98. The molecule has 1 aliphatic heterocycles. The van der Waals surface area contributed by atoms with Gasteiger partial charge in [-0.05, 0) is 31.0 Å². The van der Waals surface area contributed by atoms with Crippen molar-refractivity contribution < 1.29 is 24.5 Å². The van der Waals surface area contributed by atoms with Gasteiger partial charge in [-0.1, -0.05) is 0 Å². The van der Waals surface area contributed by atoms with Gasteiger partial charge in [0.15, 0.2) is 0 Å². The molecule has 0 unspecified atom stereocenters. The van der Waals surface area contributed by atoms with Gasteiger partial charge in [-0.25, -0.2) is 0 Å². The number of aliphatic hydroxyl groups excluding tert-OH is 1. The molecule has 0 radical (unpaired) electrons. The van der Waals surface area contributed by atoms with Gasteiger partial charge in [-0.15, -0.1) is 38.5 Å². The van der Waals surface area contributed by atoms with Crippen LogP contribution >= 0.6 is 0 Å². The normalized spacial score (nSPS) is 17.1. The van der Waals surface area contributed by atoms with Gasteiger partial charge in [0.05, 0.1) is 24.2 Å². The molecule has 1 heterocycles. The number of ether oxygens (including phenoxy) is 1. The molecule has 5 N–H and O–H groups in total. The molecule has 2 rings (SSSR count). The SMILES string of the molecule is C#C.C#C.C#C.NC(=O)c1cc(NC(=O)C[C@@H]2OCCC[C@@H]2O)ccc1O. The van der Waals surface area contributed by atoms with Crippen LogP contribution in [-0.2, 0) is 9.53 Å². The van der Waals surface area contributed by atoms with Crippen molar-refractivity contribution in [2.24, 2.45) is 5.73 Å². The first-order chi connectivity index (χ1) is 13.0. The Balaban J connectivity index is 0. The van der Waals surface area contributed by atoms with Crippen LogP contribution in [0.3, 0.4) is 0 Å². The van der Waals surface area contributed by atoms with E-state index in [0.29, 0.717) is 18.7 Å². The highest BCUT2D eigenvalue weighted by atomic mass is 16.5. The Morgan fingerprint density at radius 3 is 2.30 bits per heavy atom. The number of primary amides is 1. The van der Waals surface area contributed by atoms with Crippen molar-refractivity contribution in [3.05, 3.63) is 23.8 Å². The molecule has 1 fully saturated rings. The number of carbonyl (C=O) groups is 2. The average molecular weight is 372 g/mol. The van der Waals surface area contributed by atoms with Crippen LogP contribution in [0.5, 0.6) is 5.75 Å². The smallest absolute Gasteiger partial charge is 0.252 e. The van der Waals surface area contributed by atoms with Crippen LogP contribution < -0.4 is 11.1 Å². The summed E-state index contributed by atoms with van der Waals surface area (Å²) in [7, 11) is 0. The van der Waals surface area contributed by atoms with Crippen molar-refractivity contribution in [2.45, 2.75) is 31.5 Å². The zero-order chi connectivity index (χ0) is 21.4. The van der Waals surface area contributed by atoms with Gasteiger partial charge in [0.1, 0.15) is 5.75 Å². The number of aromatic hydroxyl groups is 1. The Morgan fingerprint density at radius 1 is 1.19 bits per heavy atom. The summed E-state index contributed by atoms with van der Waals surface area (Å²) in [5.74, 6) is -1.37. The maximum absolute atomic E-state index is 11.9. The molecule has 0 spiro atoms. The second-order valence-corrected chi connectivity index (χ2v) is 4.97. The lowest BCUT2D eigenvalue weighted by Crippen LogP contribution is -2.37. The Bertz CT molecular complexity index is 650. The van der Waals surface area contributed by atoms with Crippen LogP contribution in [-0.4, -0.2) is 40.8 Å². The number of benzene rings is 1. The second kappa shape index (κ2) is 14.9. The fraction of sp³-hybridized carbons (Fsp3) is 0.300. The highest BCUT2D eigenvalue weighted by Gasteiger charge is 2.26. The lowest BCUT2D eigenvalue weighted by atomic mass is 10.0. The third kappa shape index (κ3) is 9.00. The summed E-state index contributed by atoms with van der Waals surface area (Å²) < 4.78 is 5.35. The van der Waals surface area contributed by atoms with Crippen LogP contribution in [0.4, 0.5) is 5.69 Å². The molecule has 0 aliphatic carbocycles. The molecule has 144 valence electrons. The van der Waals surface area contributed by atoms with Crippen molar-refractivity contribution >= 4 is 17.5 Å². The summed E-state index contributed by atoms with van der Waals surface area (Å²) in [5.41, 5.74) is 5.39. The van der Waals surface area contributed by atoms with Crippen LogP contribution in [0.1, 0.15) is 29.6 Å². The number of nitrogens with two attached hydrogens (primary N) is 1. The first-order valence-corrected chi connectivity index (χ1v) is 7.69. The standard InChI is InChI=1S/C14H18N2O5.3C2H2/c15-14(20)9-6-8(3-4-10(9)17)16-13(19)7-12-11(18)2-1-5-21-12;3*1-2/h3-4,6,11-12,17-18H,1-2,5,7H2,(H2,15,20)(H,16,19);3*1-2H/t11-,12-;;;/m0.../s1. The monoisotopic (exact) mass is 372 g/mol. The number of aliphatic hydroxyl groups is 1. The van der Waals surface area contributed by atoms with Crippen LogP contribution in [0, 0.1) is 38.5 Å². The van der Waals surface area contributed by atoms with E-state index in [-0.39, 0.29) is 23.6 Å². The molecule has 27 heavy (non-hydrogen) atoms. The zero-order valence-corrected chi connectivity index (χ0v) is 14.9. The quantitative estimate of drug-likeness (QED) is 0.466. The average Bonchev–Trinajstić information content (AvgIpc) is 2.69. The van der Waals surface area contributed by atoms with Crippen molar-refractivity contribution in [1.29, 1.82) is 0 Å². The molecule has 0 bridgehead atoms. The summed E-state index contributed by atoms with van der Waals surface area (Å²) in [5, 5.41) is 21.8. The van der Waals surface area contributed by atoms with E-state index in [9.17, 15) is 19.8 Å². The van der Waals surface area contributed by atoms with Gasteiger partial charge >= 0.3 is 0 Å². The largest absolute Gasteiger partial charge is 0.507 e. The molecule has 1 aromatic rings. The predicted molar refractivity (Wildman–Crippen MR) is 105 cm³/mol. The molecule has 1 aliphatic rings. The molecule has 0 aromatic heterocycles. The minimum atomic E-state index is -0.783. The molecule has 7 heteroatoms. The Hall–Kier alpha value is -3.44. The number of anilines is 1. The van der Waals surface area contributed by atoms with Crippen LogP contribution in [0.25, 0.3) is 0 Å². The maximum atomic E-state index is 11.9. The Kier molecular flexibility index (Phi) is 14.2. The fourth-order valence-corrected chi connectivity index (χ4v) is 2.23. The molecule has 0 saturated carbocycles. The van der Waals surface area contributed by atoms with E-state index >= 15 is 0 Å². The first-order valence-electron chi connectivity index (χ1n) is 7.69. The van der Waals surface area contributed by atoms with Crippen molar-refractivity contribution in [3.63, 3.8) is 0 Å². The number of phenols is 1. The Labute approximate surface area is 159 Å². The number of nitrogens with one attached hydrogen (secondary N) is 1. The first kappa shape index (κ1) is 25.8. The summed E-state index contributed by atoms with van der Waals surface area (Å²) in [6.07, 6.45) is 24.2. The molecule has 2 amide bonds.